The highest BCUT2D eigenvalue weighted by molar-refractivity contribution is 7.85. The number of aliphatic hydroxyl groups excluding tert-OH is 1. The second kappa shape index (κ2) is 7.89. The van der Waals surface area contributed by atoms with Crippen molar-refractivity contribution in [1.82, 2.24) is 0 Å². The summed E-state index contributed by atoms with van der Waals surface area (Å²) in [4.78, 5) is 0. The third-order valence-corrected chi connectivity index (χ3v) is 1.26. The molecule has 0 amide bonds. The molecule has 0 heterocycles. The maximum atomic E-state index is 9.71. The predicted molar refractivity (Wildman–Crippen MR) is 41.6 cm³/mol. The first kappa shape index (κ1) is 13.4. The van der Waals surface area contributed by atoms with Gasteiger partial charge < -0.3 is 16.6 Å². The zero-order valence-corrected chi connectivity index (χ0v) is 6.92. The molecular formula is C4H14N2O4S. The van der Waals surface area contributed by atoms with E-state index in [0.29, 0.717) is 6.54 Å². The van der Waals surface area contributed by atoms with E-state index in [2.05, 4.69) is 0 Å². The maximum Gasteiger partial charge on any atom is 0.266 e. The quantitative estimate of drug-likeness (QED) is 0.369. The van der Waals surface area contributed by atoms with Crippen LogP contribution in [0.1, 0.15) is 0 Å². The van der Waals surface area contributed by atoms with Crippen LogP contribution >= 0.6 is 0 Å². The van der Waals surface area contributed by atoms with Gasteiger partial charge in [0.05, 0.1) is 12.4 Å². The predicted octanol–water partition coefficient (Wildman–Crippen LogP) is -2.23. The van der Waals surface area contributed by atoms with E-state index in [1.165, 1.54) is 0 Å². The third-order valence-electron chi connectivity index (χ3n) is 0.505. The Labute approximate surface area is 65.9 Å². The molecule has 0 aromatic heterocycles. The molecule has 6 N–H and O–H groups in total. The molecule has 6 nitrogen and oxygen atoms in total. The summed E-state index contributed by atoms with van der Waals surface area (Å²) in [5.74, 6) is -0.354. The Morgan fingerprint density at radius 1 is 1.18 bits per heavy atom. The molecule has 0 spiro atoms. The Hall–Kier alpha value is -0.210. The van der Waals surface area contributed by atoms with Crippen LogP contribution in [0.25, 0.3) is 0 Å². The molecule has 11 heavy (non-hydrogen) atoms. The molecular weight excluding hydrogens is 172 g/mol. The summed E-state index contributed by atoms with van der Waals surface area (Å²) in [6.45, 7) is 0.443. The number of hydrogen-bond donors (Lipinski definition) is 4. The molecule has 0 saturated carbocycles. The molecule has 0 aliphatic rings. The average Bonchev–Trinajstić information content (AvgIpc) is 1.86. The first-order valence-corrected chi connectivity index (χ1v) is 4.55. The molecule has 0 aromatic rings. The zero-order valence-electron chi connectivity index (χ0n) is 6.10. The van der Waals surface area contributed by atoms with Crippen molar-refractivity contribution >= 4 is 10.1 Å². The monoisotopic (exact) mass is 186 g/mol. The highest BCUT2D eigenvalue weighted by Gasteiger charge is 1.98. The molecule has 0 bridgehead atoms. The van der Waals surface area contributed by atoms with Crippen LogP contribution in [0, 0.1) is 0 Å². The van der Waals surface area contributed by atoms with Gasteiger partial charge in [-0.25, -0.2) is 0 Å². The van der Waals surface area contributed by atoms with E-state index < -0.39 is 10.1 Å². The maximum absolute atomic E-state index is 9.71. The van der Waals surface area contributed by atoms with Crippen LogP contribution in [0.15, 0.2) is 0 Å². The van der Waals surface area contributed by atoms with Crippen LogP contribution < -0.4 is 11.5 Å². The Morgan fingerprint density at radius 2 is 1.55 bits per heavy atom. The van der Waals surface area contributed by atoms with Crippen molar-refractivity contribution in [2.24, 2.45) is 11.5 Å². The Bertz CT molecular complexity index is 153. The standard InChI is InChI=1S/C2H7NO3S.C2H7NO/c3-1-2-7(4,5)6;3-1-2-4/h1-3H2,(H,4,5,6);4H,1-3H2. The van der Waals surface area contributed by atoms with Crippen LogP contribution in [0.4, 0.5) is 0 Å². The molecule has 7 heteroatoms. The van der Waals surface area contributed by atoms with Crippen LogP contribution in [0.5, 0.6) is 0 Å². The third kappa shape index (κ3) is 25.9. The van der Waals surface area contributed by atoms with Crippen LogP contribution in [-0.4, -0.2) is 43.5 Å². The van der Waals surface area contributed by atoms with E-state index in [0.717, 1.165) is 0 Å². The molecule has 0 aromatic carbocycles. The minimum Gasteiger partial charge on any atom is -0.395 e. The Kier molecular flexibility index (Phi) is 9.60. The first-order valence-electron chi connectivity index (χ1n) is 2.94. The second-order valence-electron chi connectivity index (χ2n) is 1.59. The summed E-state index contributed by atoms with van der Waals surface area (Å²) >= 11 is 0. The second-order valence-corrected chi connectivity index (χ2v) is 3.16. The van der Waals surface area contributed by atoms with Gasteiger partial charge in [0.15, 0.2) is 0 Å². The molecule has 70 valence electrons. The highest BCUT2D eigenvalue weighted by Crippen LogP contribution is 1.74. The minimum atomic E-state index is -3.80. The number of nitrogens with two attached hydrogens (primary N) is 2. The molecule has 0 aliphatic carbocycles. The smallest absolute Gasteiger partial charge is 0.266 e. The number of aliphatic hydroxyl groups is 1. The van der Waals surface area contributed by atoms with Gasteiger partial charge in [0, 0.05) is 13.1 Å². The van der Waals surface area contributed by atoms with Crippen LogP contribution in [-0.2, 0) is 10.1 Å². The molecule has 0 aliphatic heterocycles. The summed E-state index contributed by atoms with van der Waals surface area (Å²) < 4.78 is 27.3. The first-order chi connectivity index (χ1) is 4.97. The summed E-state index contributed by atoms with van der Waals surface area (Å²) in [6.07, 6.45) is 0. The summed E-state index contributed by atoms with van der Waals surface area (Å²) in [5.41, 5.74) is 9.55. The Balaban J connectivity index is 0. The van der Waals surface area contributed by atoms with Gasteiger partial charge >= 0.3 is 0 Å². The van der Waals surface area contributed by atoms with Crippen molar-refractivity contribution in [3.63, 3.8) is 0 Å². The van der Waals surface area contributed by atoms with Crippen molar-refractivity contribution < 1.29 is 18.1 Å². The fourth-order valence-corrected chi connectivity index (χ4v) is 0.447. The van der Waals surface area contributed by atoms with Gasteiger partial charge in [-0.1, -0.05) is 0 Å². The van der Waals surface area contributed by atoms with E-state index in [4.69, 9.17) is 21.1 Å². The molecule has 0 rings (SSSR count). The summed E-state index contributed by atoms with van der Waals surface area (Å²) in [5, 5.41) is 7.75. The lowest BCUT2D eigenvalue weighted by molar-refractivity contribution is 0.306. The lowest BCUT2D eigenvalue weighted by atomic mass is 10.8. The fourth-order valence-electron chi connectivity index (χ4n) is 0.149. The number of rotatable bonds is 3. The van der Waals surface area contributed by atoms with Crippen molar-refractivity contribution in [3.05, 3.63) is 0 Å². The molecule has 0 fully saturated rings. The van der Waals surface area contributed by atoms with Crippen molar-refractivity contribution in [2.45, 2.75) is 0 Å². The van der Waals surface area contributed by atoms with E-state index >= 15 is 0 Å². The van der Waals surface area contributed by atoms with Gasteiger partial charge in [-0.3, -0.25) is 4.55 Å². The topological polar surface area (TPSA) is 127 Å². The van der Waals surface area contributed by atoms with Crippen molar-refractivity contribution in [2.75, 3.05) is 25.4 Å². The molecule has 0 unspecified atom stereocenters. The normalized spacial score (nSPS) is 10.2. The molecule has 0 atom stereocenters. The molecule has 0 saturated heterocycles. The van der Waals surface area contributed by atoms with E-state index in [1.54, 1.807) is 0 Å². The van der Waals surface area contributed by atoms with Gasteiger partial charge in [0.1, 0.15) is 0 Å². The zero-order chi connectivity index (χ0) is 9.33. The van der Waals surface area contributed by atoms with Gasteiger partial charge in [-0.15, -0.1) is 0 Å². The van der Waals surface area contributed by atoms with Crippen molar-refractivity contribution in [1.29, 1.82) is 0 Å². The van der Waals surface area contributed by atoms with Gasteiger partial charge in [0.25, 0.3) is 10.1 Å². The van der Waals surface area contributed by atoms with Gasteiger partial charge in [0.2, 0.25) is 0 Å². The molecule has 0 radical (unpaired) electrons. The van der Waals surface area contributed by atoms with Crippen molar-refractivity contribution in [3.8, 4) is 0 Å². The van der Waals surface area contributed by atoms with Crippen LogP contribution in [0.2, 0.25) is 0 Å². The lowest BCUT2D eigenvalue weighted by Gasteiger charge is -1.86. The van der Waals surface area contributed by atoms with Crippen LogP contribution in [0.3, 0.4) is 0 Å². The largest absolute Gasteiger partial charge is 0.395 e. The highest BCUT2D eigenvalue weighted by atomic mass is 32.2. The minimum absolute atomic E-state index is 0.0289. The number of hydrogen-bond acceptors (Lipinski definition) is 5. The van der Waals surface area contributed by atoms with E-state index in [-0.39, 0.29) is 18.9 Å². The van der Waals surface area contributed by atoms with E-state index in [9.17, 15) is 8.42 Å². The van der Waals surface area contributed by atoms with Gasteiger partial charge in [-0.2, -0.15) is 8.42 Å². The lowest BCUT2D eigenvalue weighted by Crippen LogP contribution is -2.13. The average molecular weight is 186 g/mol. The van der Waals surface area contributed by atoms with E-state index in [1.807, 2.05) is 0 Å². The SMILES string of the molecule is NCCO.NCCS(=O)(=O)O. The Morgan fingerprint density at radius 3 is 1.55 bits per heavy atom. The van der Waals surface area contributed by atoms with Gasteiger partial charge in [-0.05, 0) is 0 Å². The summed E-state index contributed by atoms with van der Waals surface area (Å²) in [7, 11) is -3.80. The fraction of sp³-hybridized carbons (Fsp3) is 1.00. The summed E-state index contributed by atoms with van der Waals surface area (Å²) in [6, 6.07) is 0.